The summed E-state index contributed by atoms with van der Waals surface area (Å²) in [6.07, 6.45) is 4.29. The molecule has 1 saturated carbocycles. The summed E-state index contributed by atoms with van der Waals surface area (Å²) in [6, 6.07) is 0. The molecule has 0 bridgehead atoms. The van der Waals surface area contributed by atoms with Gasteiger partial charge in [0.1, 0.15) is 0 Å². The molecule has 1 amide bonds. The van der Waals surface area contributed by atoms with Crippen molar-refractivity contribution in [2.75, 3.05) is 18.1 Å². The lowest BCUT2D eigenvalue weighted by Crippen LogP contribution is -2.44. The maximum atomic E-state index is 12.4. The smallest absolute Gasteiger partial charge is 0.244 e. The Labute approximate surface area is 106 Å². The first-order valence-electron chi connectivity index (χ1n) is 6.53. The Morgan fingerprint density at radius 2 is 2.12 bits per heavy atom. The average Bonchev–Trinajstić information content (AvgIpc) is 2.86. The maximum Gasteiger partial charge on any atom is 0.244 e. The molecule has 4 nitrogen and oxygen atoms in total. The third kappa shape index (κ3) is 2.40. The van der Waals surface area contributed by atoms with Crippen LogP contribution in [0.1, 0.15) is 39.5 Å². The van der Waals surface area contributed by atoms with Crippen LogP contribution in [-0.2, 0) is 15.6 Å². The highest BCUT2D eigenvalue weighted by atomic mass is 32.2. The minimum Gasteiger partial charge on any atom is -0.325 e. The number of nitrogens with one attached hydrogen (secondary N) is 1. The van der Waals surface area contributed by atoms with E-state index in [1.165, 1.54) is 0 Å². The van der Waals surface area contributed by atoms with Gasteiger partial charge in [0.05, 0.1) is 11.7 Å². The molecule has 1 aliphatic carbocycles. The molecule has 2 atom stereocenters. The molecule has 2 rings (SSSR count). The zero-order valence-corrected chi connectivity index (χ0v) is 11.5. The van der Waals surface area contributed by atoms with E-state index in [9.17, 15) is 9.00 Å². The van der Waals surface area contributed by atoms with Gasteiger partial charge in [-0.3, -0.25) is 14.3 Å². The monoisotopic (exact) mass is 258 g/mol. The van der Waals surface area contributed by atoms with E-state index < -0.39 is 10.8 Å². The molecule has 2 unspecified atom stereocenters. The lowest BCUT2D eigenvalue weighted by atomic mass is 9.98. The number of carbonyl (C=O) groups is 1. The van der Waals surface area contributed by atoms with Crippen molar-refractivity contribution in [1.29, 1.82) is 0 Å². The van der Waals surface area contributed by atoms with Crippen LogP contribution < -0.4 is 5.32 Å². The lowest BCUT2D eigenvalue weighted by Gasteiger charge is -2.21. The summed E-state index contributed by atoms with van der Waals surface area (Å²) >= 11 is 0. The van der Waals surface area contributed by atoms with Gasteiger partial charge >= 0.3 is 0 Å². The van der Waals surface area contributed by atoms with E-state index in [2.05, 4.69) is 5.32 Å². The van der Waals surface area contributed by atoms with Gasteiger partial charge in [-0.1, -0.05) is 19.8 Å². The molecule has 1 aliphatic heterocycles. The van der Waals surface area contributed by atoms with E-state index in [1.807, 2.05) is 18.7 Å². The standard InChI is InChI=1S/C12H22N2O2S/c1-3-17(16)9-8-14-10(2)13-12(11(14)15)6-4-5-7-12/h10,13H,3-9H2,1-2H3. The SMILES string of the molecule is CCS(=O)CCN1C(=O)C2(CCCC2)NC1C. The number of rotatable bonds is 4. The number of hydrogen-bond acceptors (Lipinski definition) is 3. The van der Waals surface area contributed by atoms with Crippen molar-refractivity contribution >= 4 is 16.7 Å². The van der Waals surface area contributed by atoms with Gasteiger partial charge in [-0.25, -0.2) is 0 Å². The summed E-state index contributed by atoms with van der Waals surface area (Å²) in [4.78, 5) is 14.3. The number of hydrogen-bond donors (Lipinski definition) is 1. The molecule has 98 valence electrons. The van der Waals surface area contributed by atoms with Crippen LogP contribution >= 0.6 is 0 Å². The minimum atomic E-state index is -0.788. The topological polar surface area (TPSA) is 49.4 Å². The molecule has 0 radical (unpaired) electrons. The van der Waals surface area contributed by atoms with Crippen LogP contribution in [0.3, 0.4) is 0 Å². The van der Waals surface area contributed by atoms with Crippen LogP contribution in [-0.4, -0.2) is 44.8 Å². The molecule has 0 aromatic rings. The first-order valence-corrected chi connectivity index (χ1v) is 8.01. The van der Waals surface area contributed by atoms with Crippen molar-refractivity contribution < 1.29 is 9.00 Å². The summed E-state index contributed by atoms with van der Waals surface area (Å²) in [5.74, 6) is 1.51. The predicted octanol–water partition coefficient (Wildman–Crippen LogP) is 0.846. The highest BCUT2D eigenvalue weighted by Crippen LogP contribution is 2.36. The highest BCUT2D eigenvalue weighted by molar-refractivity contribution is 7.84. The molecule has 1 N–H and O–H groups in total. The van der Waals surface area contributed by atoms with Gasteiger partial charge in [0.25, 0.3) is 0 Å². The molecule has 17 heavy (non-hydrogen) atoms. The number of carbonyl (C=O) groups excluding carboxylic acids is 1. The van der Waals surface area contributed by atoms with Crippen molar-refractivity contribution in [3.8, 4) is 0 Å². The molecule has 5 heteroatoms. The highest BCUT2D eigenvalue weighted by Gasteiger charge is 2.50. The maximum absolute atomic E-state index is 12.4. The average molecular weight is 258 g/mol. The quantitative estimate of drug-likeness (QED) is 0.813. The zero-order chi connectivity index (χ0) is 12.5. The minimum absolute atomic E-state index is 0.0921. The molecule has 1 saturated heterocycles. The van der Waals surface area contributed by atoms with Crippen molar-refractivity contribution in [2.45, 2.75) is 51.2 Å². The summed E-state index contributed by atoms with van der Waals surface area (Å²) in [6.45, 7) is 4.57. The molecular weight excluding hydrogens is 236 g/mol. The lowest BCUT2D eigenvalue weighted by molar-refractivity contribution is -0.132. The Balaban J connectivity index is 1.99. The fourth-order valence-electron chi connectivity index (χ4n) is 2.97. The molecule has 1 spiro atoms. The van der Waals surface area contributed by atoms with Crippen molar-refractivity contribution in [2.24, 2.45) is 0 Å². The number of amides is 1. The molecule has 2 fully saturated rings. The molecule has 0 aromatic carbocycles. The van der Waals surface area contributed by atoms with Gasteiger partial charge in [0, 0.05) is 28.9 Å². The van der Waals surface area contributed by atoms with E-state index in [0.29, 0.717) is 18.1 Å². The largest absolute Gasteiger partial charge is 0.325 e. The predicted molar refractivity (Wildman–Crippen MR) is 69.1 cm³/mol. The second-order valence-corrected chi connectivity index (χ2v) is 6.91. The molecular formula is C12H22N2O2S. The van der Waals surface area contributed by atoms with Crippen LogP contribution in [0.4, 0.5) is 0 Å². The molecule has 0 aromatic heterocycles. The fourth-order valence-corrected chi connectivity index (χ4v) is 3.66. The van der Waals surface area contributed by atoms with Crippen molar-refractivity contribution in [1.82, 2.24) is 10.2 Å². The Morgan fingerprint density at radius 3 is 2.71 bits per heavy atom. The van der Waals surface area contributed by atoms with Gasteiger partial charge in [0.2, 0.25) is 5.91 Å². The van der Waals surface area contributed by atoms with Crippen LogP contribution in [0, 0.1) is 0 Å². The van der Waals surface area contributed by atoms with E-state index in [0.717, 1.165) is 25.7 Å². The second kappa shape index (κ2) is 5.06. The van der Waals surface area contributed by atoms with Crippen LogP contribution in [0.5, 0.6) is 0 Å². The third-order valence-corrected chi connectivity index (χ3v) is 5.24. The van der Waals surface area contributed by atoms with E-state index in [1.54, 1.807) is 0 Å². The van der Waals surface area contributed by atoms with Gasteiger partial charge in [0.15, 0.2) is 0 Å². The van der Waals surface area contributed by atoms with Gasteiger partial charge in [-0.05, 0) is 19.8 Å². The normalized spacial score (nSPS) is 29.2. The van der Waals surface area contributed by atoms with Crippen molar-refractivity contribution in [3.63, 3.8) is 0 Å². The zero-order valence-electron chi connectivity index (χ0n) is 10.7. The summed E-state index contributed by atoms with van der Waals surface area (Å²) in [7, 11) is -0.788. The summed E-state index contributed by atoms with van der Waals surface area (Å²) in [5, 5.41) is 3.45. The Morgan fingerprint density at radius 1 is 1.47 bits per heavy atom. The molecule has 2 aliphatic rings. The molecule has 1 heterocycles. The van der Waals surface area contributed by atoms with Crippen molar-refractivity contribution in [3.05, 3.63) is 0 Å². The summed E-state index contributed by atoms with van der Waals surface area (Å²) in [5.41, 5.74) is -0.285. The van der Waals surface area contributed by atoms with Crippen LogP contribution in [0.15, 0.2) is 0 Å². The van der Waals surface area contributed by atoms with Gasteiger partial charge in [-0.15, -0.1) is 0 Å². The van der Waals surface area contributed by atoms with Gasteiger partial charge < -0.3 is 4.90 Å². The number of nitrogens with zero attached hydrogens (tertiary/aromatic N) is 1. The first-order chi connectivity index (χ1) is 8.09. The Bertz CT molecular complexity index is 326. The summed E-state index contributed by atoms with van der Waals surface area (Å²) < 4.78 is 11.4. The second-order valence-electron chi connectivity index (χ2n) is 5.04. The third-order valence-electron chi connectivity index (χ3n) is 3.96. The van der Waals surface area contributed by atoms with E-state index >= 15 is 0 Å². The van der Waals surface area contributed by atoms with Gasteiger partial charge in [-0.2, -0.15) is 0 Å². The fraction of sp³-hybridized carbons (Fsp3) is 0.917. The Kier molecular flexibility index (Phi) is 3.88. The van der Waals surface area contributed by atoms with Crippen LogP contribution in [0.25, 0.3) is 0 Å². The Hall–Kier alpha value is -0.420. The van der Waals surface area contributed by atoms with E-state index in [-0.39, 0.29) is 17.6 Å². The van der Waals surface area contributed by atoms with E-state index in [4.69, 9.17) is 0 Å². The van der Waals surface area contributed by atoms with Crippen LogP contribution in [0.2, 0.25) is 0 Å². The first kappa shape index (κ1) is 13.0.